The van der Waals surface area contributed by atoms with Gasteiger partial charge < -0.3 is 15.7 Å². The van der Waals surface area contributed by atoms with Crippen molar-refractivity contribution in [3.63, 3.8) is 0 Å². The van der Waals surface area contributed by atoms with Crippen LogP contribution in [0.2, 0.25) is 0 Å². The second-order valence-corrected chi connectivity index (χ2v) is 6.62. The van der Waals surface area contributed by atoms with Crippen LogP contribution >= 0.6 is 0 Å². The average Bonchev–Trinajstić information content (AvgIpc) is 2.70. The smallest absolute Gasteiger partial charge is 0.237 e. The third-order valence-corrected chi connectivity index (χ3v) is 4.70. The minimum atomic E-state index is -0.494. The summed E-state index contributed by atoms with van der Waals surface area (Å²) in [5.41, 5.74) is 3.42. The summed E-state index contributed by atoms with van der Waals surface area (Å²) in [6, 6.07) is 18.0. The fraction of sp³-hybridized carbons (Fsp3) is 0.333. The zero-order chi connectivity index (χ0) is 19.1. The number of nitrogens with one attached hydrogen (secondary N) is 2. The summed E-state index contributed by atoms with van der Waals surface area (Å²) in [6.07, 6.45) is 0.0912. The first-order chi connectivity index (χ1) is 13.2. The fourth-order valence-electron chi connectivity index (χ4n) is 3.28. The van der Waals surface area contributed by atoms with Gasteiger partial charge in [0.2, 0.25) is 11.8 Å². The molecule has 0 aliphatic carbocycles. The molecule has 1 atom stereocenters. The number of nitrogens with zero attached hydrogens (tertiary/aromatic N) is 1. The molecule has 27 heavy (non-hydrogen) atoms. The molecule has 1 aliphatic heterocycles. The van der Waals surface area contributed by atoms with Crippen LogP contribution in [0.3, 0.4) is 0 Å². The first-order valence-electron chi connectivity index (χ1n) is 9.21. The van der Waals surface area contributed by atoms with E-state index in [4.69, 9.17) is 5.11 Å². The molecule has 142 valence electrons. The highest BCUT2D eigenvalue weighted by molar-refractivity contribution is 5.88. The van der Waals surface area contributed by atoms with Gasteiger partial charge in [0.05, 0.1) is 19.1 Å². The molecule has 6 nitrogen and oxygen atoms in total. The maximum absolute atomic E-state index is 12.3. The quantitative estimate of drug-likeness (QED) is 0.686. The number of rotatable bonds is 7. The molecule has 1 fully saturated rings. The fourth-order valence-corrected chi connectivity index (χ4v) is 3.28. The lowest BCUT2D eigenvalue weighted by molar-refractivity contribution is -0.134. The molecule has 2 aromatic rings. The molecule has 0 radical (unpaired) electrons. The second-order valence-electron chi connectivity index (χ2n) is 6.62. The molecule has 0 bridgehead atoms. The van der Waals surface area contributed by atoms with Crippen molar-refractivity contribution in [3.05, 3.63) is 60.2 Å². The molecule has 0 unspecified atom stereocenters. The van der Waals surface area contributed by atoms with Crippen LogP contribution in [-0.4, -0.2) is 54.1 Å². The van der Waals surface area contributed by atoms with Crippen LogP contribution in [0.25, 0.3) is 11.1 Å². The van der Waals surface area contributed by atoms with Crippen LogP contribution in [0.4, 0.5) is 0 Å². The summed E-state index contributed by atoms with van der Waals surface area (Å²) in [5.74, 6) is -0.350. The second kappa shape index (κ2) is 9.30. The Labute approximate surface area is 159 Å². The van der Waals surface area contributed by atoms with Gasteiger partial charge in [-0.3, -0.25) is 14.5 Å². The maximum atomic E-state index is 12.3. The predicted molar refractivity (Wildman–Crippen MR) is 104 cm³/mol. The normalized spacial score (nSPS) is 17.4. The number of carbonyl (C=O) groups excluding carboxylic acids is 2. The Morgan fingerprint density at radius 2 is 1.81 bits per heavy atom. The van der Waals surface area contributed by atoms with Crippen molar-refractivity contribution in [2.45, 2.75) is 19.0 Å². The molecular formula is C21H25N3O3. The number of piperazine rings is 1. The Morgan fingerprint density at radius 3 is 2.52 bits per heavy atom. The highest BCUT2D eigenvalue weighted by atomic mass is 16.3. The van der Waals surface area contributed by atoms with Gasteiger partial charge in [0, 0.05) is 26.2 Å². The van der Waals surface area contributed by atoms with E-state index >= 15 is 0 Å². The lowest BCUT2D eigenvalue weighted by Gasteiger charge is -2.34. The lowest BCUT2D eigenvalue weighted by Crippen LogP contribution is -2.56. The number of carbonyl (C=O) groups is 2. The molecule has 2 aromatic carbocycles. The summed E-state index contributed by atoms with van der Waals surface area (Å²) in [5, 5.41) is 14.3. The molecule has 3 N–H and O–H groups in total. The van der Waals surface area contributed by atoms with Crippen LogP contribution in [-0.2, 0) is 16.1 Å². The molecule has 1 aliphatic rings. The number of aliphatic hydroxyl groups excluding tert-OH is 1. The third-order valence-electron chi connectivity index (χ3n) is 4.70. The van der Waals surface area contributed by atoms with E-state index in [1.165, 1.54) is 5.56 Å². The van der Waals surface area contributed by atoms with Crippen molar-refractivity contribution in [1.29, 1.82) is 0 Å². The summed E-state index contributed by atoms with van der Waals surface area (Å²) in [4.78, 5) is 26.3. The number of hydrogen-bond donors (Lipinski definition) is 3. The van der Waals surface area contributed by atoms with Gasteiger partial charge in [0.1, 0.15) is 0 Å². The SMILES string of the molecule is O=C(C[C@H]1C(=O)NCCN1Cc1ccc(-c2ccccc2)cc1)NCCO. The number of aliphatic hydroxyl groups is 1. The van der Waals surface area contributed by atoms with Crippen LogP contribution in [0.1, 0.15) is 12.0 Å². The Morgan fingerprint density at radius 1 is 1.11 bits per heavy atom. The monoisotopic (exact) mass is 367 g/mol. The Kier molecular flexibility index (Phi) is 6.57. The van der Waals surface area contributed by atoms with E-state index in [9.17, 15) is 9.59 Å². The lowest BCUT2D eigenvalue weighted by atomic mass is 10.0. The highest BCUT2D eigenvalue weighted by Crippen LogP contribution is 2.21. The Balaban J connectivity index is 1.66. The summed E-state index contributed by atoms with van der Waals surface area (Å²) in [6.45, 7) is 1.98. The largest absolute Gasteiger partial charge is 0.395 e. The van der Waals surface area contributed by atoms with E-state index < -0.39 is 6.04 Å². The van der Waals surface area contributed by atoms with Gasteiger partial charge in [-0.05, 0) is 16.7 Å². The van der Waals surface area contributed by atoms with Gasteiger partial charge in [-0.25, -0.2) is 0 Å². The van der Waals surface area contributed by atoms with Crippen molar-refractivity contribution < 1.29 is 14.7 Å². The van der Waals surface area contributed by atoms with Crippen LogP contribution in [0.15, 0.2) is 54.6 Å². The third kappa shape index (κ3) is 5.15. The first-order valence-corrected chi connectivity index (χ1v) is 9.21. The predicted octanol–water partition coefficient (Wildman–Crippen LogP) is 1.15. The average molecular weight is 367 g/mol. The van der Waals surface area contributed by atoms with Gasteiger partial charge in [-0.15, -0.1) is 0 Å². The van der Waals surface area contributed by atoms with Crippen molar-refractivity contribution in [3.8, 4) is 11.1 Å². The van der Waals surface area contributed by atoms with Gasteiger partial charge in [-0.1, -0.05) is 54.6 Å². The van der Waals surface area contributed by atoms with E-state index in [1.54, 1.807) is 0 Å². The number of amides is 2. The summed E-state index contributed by atoms with van der Waals surface area (Å²) < 4.78 is 0. The van der Waals surface area contributed by atoms with Crippen LogP contribution in [0.5, 0.6) is 0 Å². The molecule has 0 saturated carbocycles. The Hall–Kier alpha value is -2.70. The summed E-state index contributed by atoms with van der Waals surface area (Å²) in [7, 11) is 0. The van der Waals surface area contributed by atoms with Crippen molar-refractivity contribution in [2.24, 2.45) is 0 Å². The number of benzene rings is 2. The van der Waals surface area contributed by atoms with E-state index in [0.29, 0.717) is 19.6 Å². The highest BCUT2D eigenvalue weighted by Gasteiger charge is 2.31. The first kappa shape index (κ1) is 19.1. The Bertz CT molecular complexity index is 762. The van der Waals surface area contributed by atoms with E-state index in [0.717, 1.165) is 11.1 Å². The molecule has 2 amide bonds. The number of hydrogen-bond acceptors (Lipinski definition) is 4. The molecule has 1 saturated heterocycles. The standard InChI is InChI=1S/C21H25N3O3/c25-13-11-22-20(26)14-19-21(27)23-10-12-24(19)15-16-6-8-18(9-7-16)17-4-2-1-3-5-17/h1-9,19,25H,10-15H2,(H,22,26)(H,23,27)/t19-/m0/s1. The molecule has 0 aromatic heterocycles. The topological polar surface area (TPSA) is 81.7 Å². The van der Waals surface area contributed by atoms with E-state index in [1.807, 2.05) is 23.1 Å². The van der Waals surface area contributed by atoms with Gasteiger partial charge in [0.25, 0.3) is 0 Å². The molecule has 0 spiro atoms. The van der Waals surface area contributed by atoms with E-state index in [2.05, 4.69) is 47.0 Å². The maximum Gasteiger partial charge on any atom is 0.237 e. The summed E-state index contributed by atoms with van der Waals surface area (Å²) >= 11 is 0. The zero-order valence-corrected chi connectivity index (χ0v) is 15.2. The molecular weight excluding hydrogens is 342 g/mol. The van der Waals surface area contributed by atoms with Gasteiger partial charge in [0.15, 0.2) is 0 Å². The zero-order valence-electron chi connectivity index (χ0n) is 15.2. The van der Waals surface area contributed by atoms with Crippen LogP contribution in [0, 0.1) is 0 Å². The van der Waals surface area contributed by atoms with Crippen LogP contribution < -0.4 is 10.6 Å². The van der Waals surface area contributed by atoms with Gasteiger partial charge >= 0.3 is 0 Å². The van der Waals surface area contributed by atoms with Gasteiger partial charge in [-0.2, -0.15) is 0 Å². The minimum absolute atomic E-state index is 0.0912. The minimum Gasteiger partial charge on any atom is -0.395 e. The molecule has 3 rings (SSSR count). The molecule has 6 heteroatoms. The van der Waals surface area contributed by atoms with Crippen molar-refractivity contribution in [1.82, 2.24) is 15.5 Å². The molecule has 1 heterocycles. The van der Waals surface area contributed by atoms with Crippen molar-refractivity contribution in [2.75, 3.05) is 26.2 Å². The van der Waals surface area contributed by atoms with E-state index in [-0.39, 0.29) is 31.4 Å². The van der Waals surface area contributed by atoms with Crippen molar-refractivity contribution >= 4 is 11.8 Å².